The third-order valence-electron chi connectivity index (χ3n) is 5.20. The summed E-state index contributed by atoms with van der Waals surface area (Å²) in [6.45, 7) is 0. The summed E-state index contributed by atoms with van der Waals surface area (Å²) in [5.74, 6) is -0.708. The summed E-state index contributed by atoms with van der Waals surface area (Å²) in [6, 6.07) is 10.9. The van der Waals surface area contributed by atoms with Crippen molar-refractivity contribution in [3.63, 3.8) is 0 Å². The van der Waals surface area contributed by atoms with Crippen LogP contribution in [0.1, 0.15) is 21.5 Å². The summed E-state index contributed by atoms with van der Waals surface area (Å²) in [5.41, 5.74) is 7.58. The van der Waals surface area contributed by atoms with Crippen molar-refractivity contribution in [3.05, 3.63) is 83.6 Å². The van der Waals surface area contributed by atoms with E-state index in [1.54, 1.807) is 18.2 Å². The Morgan fingerprint density at radius 2 is 1.82 bits per heavy atom. The molecule has 0 unspecified atom stereocenters. The van der Waals surface area contributed by atoms with E-state index in [1.165, 1.54) is 31.5 Å². The van der Waals surface area contributed by atoms with Crippen molar-refractivity contribution in [2.24, 2.45) is 12.8 Å². The van der Waals surface area contributed by atoms with E-state index in [2.05, 4.69) is 4.98 Å². The largest absolute Gasteiger partial charge is 0.496 e. The average Bonchev–Trinajstić information content (AvgIpc) is 3.18. The van der Waals surface area contributed by atoms with Gasteiger partial charge in [-0.05, 0) is 41.5 Å². The van der Waals surface area contributed by atoms with Gasteiger partial charge in [0.15, 0.2) is 11.6 Å². The van der Waals surface area contributed by atoms with E-state index in [-0.39, 0.29) is 35.7 Å². The van der Waals surface area contributed by atoms with Crippen LogP contribution in [-0.4, -0.2) is 28.4 Å². The number of pyridine rings is 1. The van der Waals surface area contributed by atoms with Gasteiger partial charge in [0.05, 0.1) is 18.2 Å². The molecule has 7 nitrogen and oxygen atoms in total. The number of halogens is 1. The van der Waals surface area contributed by atoms with E-state index in [0.717, 1.165) is 5.56 Å². The van der Waals surface area contributed by atoms with Crippen molar-refractivity contribution in [2.45, 2.75) is 12.8 Å². The highest BCUT2D eigenvalue weighted by molar-refractivity contribution is 6.01. The molecule has 0 saturated heterocycles. The lowest BCUT2D eigenvalue weighted by molar-refractivity contribution is -0.117. The highest BCUT2D eigenvalue weighted by Gasteiger charge is 2.16. The van der Waals surface area contributed by atoms with Crippen molar-refractivity contribution >= 4 is 22.6 Å². The van der Waals surface area contributed by atoms with Crippen LogP contribution in [0.5, 0.6) is 17.2 Å². The van der Waals surface area contributed by atoms with Crippen LogP contribution in [0.2, 0.25) is 0 Å². The zero-order chi connectivity index (χ0) is 23.5. The summed E-state index contributed by atoms with van der Waals surface area (Å²) in [5, 5.41) is 0.480. The minimum Gasteiger partial charge on any atom is -0.496 e. The van der Waals surface area contributed by atoms with Crippen LogP contribution in [0.4, 0.5) is 4.39 Å². The molecular formula is C25H22FN3O4. The Labute approximate surface area is 189 Å². The number of carbonyl (C=O) groups excluding carboxylic acids is 2. The molecule has 0 bridgehead atoms. The fourth-order valence-corrected chi connectivity index (χ4v) is 3.64. The zero-order valence-electron chi connectivity index (χ0n) is 18.2. The third-order valence-corrected chi connectivity index (χ3v) is 5.20. The normalized spacial score (nSPS) is 10.9. The molecule has 0 atom stereocenters. The third kappa shape index (κ3) is 4.85. The molecule has 0 fully saturated rings. The van der Waals surface area contributed by atoms with Gasteiger partial charge in [0.25, 0.3) is 5.91 Å². The number of amides is 1. The first-order chi connectivity index (χ1) is 15.8. The fourth-order valence-electron chi connectivity index (χ4n) is 3.64. The lowest BCUT2D eigenvalue weighted by Crippen LogP contribution is -2.12. The van der Waals surface area contributed by atoms with E-state index in [1.807, 2.05) is 30.1 Å². The van der Waals surface area contributed by atoms with Crippen molar-refractivity contribution in [1.82, 2.24) is 9.55 Å². The first kappa shape index (κ1) is 22.0. The minimum absolute atomic E-state index is 0.0117. The number of benzene rings is 2. The molecule has 2 aromatic heterocycles. The molecule has 0 aliphatic carbocycles. The quantitative estimate of drug-likeness (QED) is 0.441. The van der Waals surface area contributed by atoms with Crippen LogP contribution in [0.25, 0.3) is 10.9 Å². The molecule has 0 radical (unpaired) electrons. The van der Waals surface area contributed by atoms with Gasteiger partial charge < -0.3 is 19.8 Å². The van der Waals surface area contributed by atoms with Crippen LogP contribution in [0.3, 0.4) is 0 Å². The first-order valence-electron chi connectivity index (χ1n) is 10.2. The van der Waals surface area contributed by atoms with Crippen molar-refractivity contribution < 1.29 is 23.5 Å². The van der Waals surface area contributed by atoms with Crippen molar-refractivity contribution in [3.8, 4) is 17.2 Å². The van der Waals surface area contributed by atoms with E-state index >= 15 is 0 Å². The lowest BCUT2D eigenvalue weighted by atomic mass is 10.0. The maximum Gasteiger partial charge on any atom is 0.252 e. The minimum atomic E-state index is -0.667. The van der Waals surface area contributed by atoms with Gasteiger partial charge in [0.2, 0.25) is 0 Å². The summed E-state index contributed by atoms with van der Waals surface area (Å²) >= 11 is 0. The molecule has 2 heterocycles. The number of fused-ring (bicyclic) bond motifs is 1. The number of ether oxygens (including phenoxy) is 2. The molecule has 2 N–H and O–H groups in total. The Morgan fingerprint density at radius 3 is 2.48 bits per heavy atom. The molecule has 168 valence electrons. The summed E-state index contributed by atoms with van der Waals surface area (Å²) in [7, 11) is 3.31. The highest BCUT2D eigenvalue weighted by atomic mass is 19.1. The molecule has 8 heteroatoms. The first-order valence-corrected chi connectivity index (χ1v) is 10.2. The maximum atomic E-state index is 14.8. The Kier molecular flexibility index (Phi) is 6.08. The van der Waals surface area contributed by atoms with Gasteiger partial charge in [-0.2, -0.15) is 0 Å². The number of primary amides is 1. The monoisotopic (exact) mass is 447 g/mol. The predicted molar refractivity (Wildman–Crippen MR) is 121 cm³/mol. The number of aryl methyl sites for hydroxylation is 1. The predicted octanol–water partition coefficient (Wildman–Crippen LogP) is 3.97. The summed E-state index contributed by atoms with van der Waals surface area (Å²) in [4.78, 5) is 28.4. The van der Waals surface area contributed by atoms with Crippen LogP contribution >= 0.6 is 0 Å². The summed E-state index contributed by atoms with van der Waals surface area (Å²) in [6.07, 6.45) is 5.67. The average molecular weight is 447 g/mol. The lowest BCUT2D eigenvalue weighted by Gasteiger charge is -2.12. The number of ketones is 1. The molecule has 0 spiro atoms. The number of Topliss-reactive ketones (excluding diaryl/α,β-unsaturated/α-hetero) is 1. The number of carbonyl (C=O) groups is 2. The number of hydrogen-bond donors (Lipinski definition) is 1. The number of methoxy groups -OCH3 is 1. The van der Waals surface area contributed by atoms with E-state index in [0.29, 0.717) is 22.2 Å². The molecule has 0 aliphatic rings. The number of nitrogens with zero attached hydrogens (tertiary/aromatic N) is 2. The van der Waals surface area contributed by atoms with Gasteiger partial charge in [-0.15, -0.1) is 0 Å². The van der Waals surface area contributed by atoms with Crippen molar-refractivity contribution in [1.29, 1.82) is 0 Å². The Hall–Kier alpha value is -4.20. The van der Waals surface area contributed by atoms with Crippen LogP contribution in [0.15, 0.2) is 61.1 Å². The zero-order valence-corrected chi connectivity index (χ0v) is 18.2. The second kappa shape index (κ2) is 9.12. The highest BCUT2D eigenvalue weighted by Crippen LogP contribution is 2.34. The SMILES string of the molecule is COc1cc2nccc(Oc3ccc(CC(=O)Cc4ccn(C)c4)cc3F)c2cc1C(N)=O. The van der Waals surface area contributed by atoms with Crippen LogP contribution < -0.4 is 15.2 Å². The molecule has 33 heavy (non-hydrogen) atoms. The second-order valence-electron chi connectivity index (χ2n) is 7.69. The van der Waals surface area contributed by atoms with E-state index < -0.39 is 11.7 Å². The molecule has 0 aliphatic heterocycles. The van der Waals surface area contributed by atoms with Gasteiger partial charge in [0.1, 0.15) is 17.3 Å². The van der Waals surface area contributed by atoms with E-state index in [9.17, 15) is 14.0 Å². The molecular weight excluding hydrogens is 425 g/mol. The van der Waals surface area contributed by atoms with Gasteiger partial charge in [0, 0.05) is 49.9 Å². The van der Waals surface area contributed by atoms with Crippen molar-refractivity contribution in [2.75, 3.05) is 7.11 Å². The molecule has 4 aromatic rings. The summed E-state index contributed by atoms with van der Waals surface area (Å²) < 4.78 is 27.7. The fraction of sp³-hybridized carbons (Fsp3) is 0.160. The smallest absolute Gasteiger partial charge is 0.252 e. The Bertz CT molecular complexity index is 1360. The van der Waals surface area contributed by atoms with Gasteiger partial charge in [-0.3, -0.25) is 14.6 Å². The number of hydrogen-bond acceptors (Lipinski definition) is 5. The standard InChI is InChI=1S/C25H22FN3O4/c1-29-8-6-16(14-29)10-17(30)9-15-3-4-23(20(26)11-15)33-22-5-7-28-21-13-24(32-2)19(25(27)31)12-18(21)22/h3-8,11-14H,9-10H2,1-2H3,(H2,27,31). The Balaban J connectivity index is 1.56. The number of aromatic nitrogens is 2. The van der Waals surface area contributed by atoms with Crippen LogP contribution in [-0.2, 0) is 24.7 Å². The van der Waals surface area contributed by atoms with Gasteiger partial charge in [-0.25, -0.2) is 4.39 Å². The van der Waals surface area contributed by atoms with E-state index in [4.69, 9.17) is 15.2 Å². The maximum absolute atomic E-state index is 14.8. The molecule has 0 saturated carbocycles. The van der Waals surface area contributed by atoms with Crippen LogP contribution in [0, 0.1) is 5.82 Å². The second-order valence-corrected chi connectivity index (χ2v) is 7.69. The topological polar surface area (TPSA) is 96.4 Å². The number of rotatable bonds is 8. The Morgan fingerprint density at radius 1 is 1.03 bits per heavy atom. The molecule has 2 aromatic carbocycles. The van der Waals surface area contributed by atoms with Gasteiger partial charge in [-0.1, -0.05) is 6.07 Å². The molecule has 4 rings (SSSR count). The molecule has 1 amide bonds. The van der Waals surface area contributed by atoms with Gasteiger partial charge >= 0.3 is 0 Å². The number of nitrogens with two attached hydrogens (primary N) is 1.